The van der Waals surface area contributed by atoms with E-state index in [2.05, 4.69) is 41.0 Å². The van der Waals surface area contributed by atoms with Crippen LogP contribution in [0.1, 0.15) is 29.0 Å². The SMILES string of the molecule is Cc1cc(C)c2[nH]ccc2c1O[C@@H]1CCN(CCF)C[C@H]1c1cnn(C)c1. The van der Waals surface area contributed by atoms with Crippen molar-refractivity contribution >= 4 is 10.9 Å². The van der Waals surface area contributed by atoms with Crippen LogP contribution in [0.25, 0.3) is 10.9 Å². The number of alkyl halides is 1. The van der Waals surface area contributed by atoms with Crippen LogP contribution in [-0.2, 0) is 7.05 Å². The number of hydrogen-bond acceptors (Lipinski definition) is 3. The Bertz CT molecular complexity index is 932. The molecule has 0 bridgehead atoms. The Labute approximate surface area is 159 Å². The van der Waals surface area contributed by atoms with Gasteiger partial charge in [-0.05, 0) is 43.0 Å². The number of ether oxygens (including phenoxy) is 1. The van der Waals surface area contributed by atoms with Crippen molar-refractivity contribution in [3.05, 3.63) is 47.4 Å². The van der Waals surface area contributed by atoms with Gasteiger partial charge >= 0.3 is 0 Å². The summed E-state index contributed by atoms with van der Waals surface area (Å²) in [6.45, 7) is 6.03. The zero-order valence-electron chi connectivity index (χ0n) is 16.2. The third kappa shape index (κ3) is 3.46. The van der Waals surface area contributed by atoms with Crippen LogP contribution in [0.2, 0.25) is 0 Å². The van der Waals surface area contributed by atoms with E-state index in [4.69, 9.17) is 4.74 Å². The summed E-state index contributed by atoms with van der Waals surface area (Å²) in [5.41, 5.74) is 4.65. The number of nitrogens with zero attached hydrogens (tertiary/aromatic N) is 3. The van der Waals surface area contributed by atoms with E-state index in [1.165, 1.54) is 5.56 Å². The number of benzene rings is 1. The highest BCUT2D eigenvalue weighted by Crippen LogP contribution is 2.36. The summed E-state index contributed by atoms with van der Waals surface area (Å²) in [7, 11) is 1.93. The second kappa shape index (κ2) is 7.35. The molecule has 2 aromatic heterocycles. The van der Waals surface area contributed by atoms with Crippen LogP contribution in [0.3, 0.4) is 0 Å². The molecule has 1 aliphatic rings. The Balaban J connectivity index is 1.66. The molecule has 144 valence electrons. The molecule has 0 spiro atoms. The molecule has 27 heavy (non-hydrogen) atoms. The zero-order valence-corrected chi connectivity index (χ0v) is 16.2. The smallest absolute Gasteiger partial charge is 0.132 e. The summed E-state index contributed by atoms with van der Waals surface area (Å²) >= 11 is 0. The molecule has 3 aromatic rings. The van der Waals surface area contributed by atoms with E-state index in [0.29, 0.717) is 6.54 Å². The third-order valence-electron chi connectivity index (χ3n) is 5.63. The van der Waals surface area contributed by atoms with E-state index < -0.39 is 0 Å². The van der Waals surface area contributed by atoms with Gasteiger partial charge in [-0.2, -0.15) is 5.10 Å². The molecule has 3 heterocycles. The van der Waals surface area contributed by atoms with E-state index >= 15 is 0 Å². The van der Waals surface area contributed by atoms with Crippen molar-refractivity contribution in [3.8, 4) is 5.75 Å². The summed E-state index contributed by atoms with van der Waals surface area (Å²) in [5, 5.41) is 5.47. The Hall–Kier alpha value is -2.34. The van der Waals surface area contributed by atoms with Crippen molar-refractivity contribution in [1.29, 1.82) is 0 Å². The predicted octanol–water partition coefficient (Wildman–Crippen LogP) is 3.72. The first-order chi connectivity index (χ1) is 13.1. The standard InChI is InChI=1S/C21H27FN4O/c1-14-10-15(2)21(17-4-7-23-20(14)17)27-19-5-8-26(9-6-22)13-18(19)16-11-24-25(3)12-16/h4,7,10-12,18-19,23H,5-6,8-9,13H2,1-3H3/t18-,19+/m0/s1. The minimum absolute atomic E-state index is 0.0459. The number of aromatic nitrogens is 3. The zero-order chi connectivity index (χ0) is 19.0. The molecule has 5 nitrogen and oxygen atoms in total. The van der Waals surface area contributed by atoms with Crippen molar-refractivity contribution in [2.24, 2.45) is 7.05 Å². The average molecular weight is 370 g/mol. The normalized spacial score (nSPS) is 21.0. The maximum atomic E-state index is 12.9. The fourth-order valence-corrected chi connectivity index (χ4v) is 4.28. The molecule has 1 aliphatic heterocycles. The number of piperidine rings is 1. The molecule has 1 aromatic carbocycles. The highest BCUT2D eigenvalue weighted by molar-refractivity contribution is 5.89. The number of fused-ring (bicyclic) bond motifs is 1. The summed E-state index contributed by atoms with van der Waals surface area (Å²) < 4.78 is 21.4. The van der Waals surface area contributed by atoms with Crippen LogP contribution in [0.15, 0.2) is 30.7 Å². The molecule has 4 rings (SSSR count). The Morgan fingerprint density at radius 1 is 1.33 bits per heavy atom. The first kappa shape index (κ1) is 18.0. The second-order valence-corrected chi connectivity index (χ2v) is 7.59. The first-order valence-corrected chi connectivity index (χ1v) is 9.57. The van der Waals surface area contributed by atoms with Crippen LogP contribution >= 0.6 is 0 Å². The maximum absolute atomic E-state index is 12.9. The Morgan fingerprint density at radius 2 is 2.19 bits per heavy atom. The number of hydrogen-bond donors (Lipinski definition) is 1. The Kier molecular flexibility index (Phi) is 4.91. The van der Waals surface area contributed by atoms with Crippen molar-refractivity contribution in [2.75, 3.05) is 26.3 Å². The van der Waals surface area contributed by atoms with E-state index in [-0.39, 0.29) is 18.7 Å². The molecule has 0 aliphatic carbocycles. The topological polar surface area (TPSA) is 46.1 Å². The Morgan fingerprint density at radius 3 is 2.93 bits per heavy atom. The average Bonchev–Trinajstić information content (AvgIpc) is 3.29. The quantitative estimate of drug-likeness (QED) is 0.744. The number of halogens is 1. The molecule has 1 N–H and O–H groups in total. The van der Waals surface area contributed by atoms with Crippen LogP contribution in [0, 0.1) is 13.8 Å². The van der Waals surface area contributed by atoms with Gasteiger partial charge in [0.25, 0.3) is 0 Å². The number of H-pyrrole nitrogens is 1. The molecule has 0 saturated carbocycles. The van der Waals surface area contributed by atoms with E-state index in [1.807, 2.05) is 30.3 Å². The largest absolute Gasteiger partial charge is 0.489 e. The van der Waals surface area contributed by atoms with Crippen LogP contribution < -0.4 is 4.74 Å². The highest BCUT2D eigenvalue weighted by Gasteiger charge is 2.33. The molecule has 1 saturated heterocycles. The fraction of sp³-hybridized carbons (Fsp3) is 0.476. The minimum Gasteiger partial charge on any atom is -0.489 e. The van der Waals surface area contributed by atoms with E-state index in [1.54, 1.807) is 0 Å². The summed E-state index contributed by atoms with van der Waals surface area (Å²) in [5.74, 6) is 1.13. The van der Waals surface area contributed by atoms with Gasteiger partial charge in [-0.3, -0.25) is 9.58 Å². The van der Waals surface area contributed by atoms with Gasteiger partial charge in [0.05, 0.1) is 11.7 Å². The molecular formula is C21H27FN4O. The number of aromatic amines is 1. The molecule has 6 heteroatoms. The van der Waals surface area contributed by atoms with Gasteiger partial charge in [0.2, 0.25) is 0 Å². The second-order valence-electron chi connectivity index (χ2n) is 7.59. The van der Waals surface area contributed by atoms with Gasteiger partial charge in [0.1, 0.15) is 18.5 Å². The number of nitrogens with one attached hydrogen (secondary N) is 1. The number of rotatable bonds is 5. The van der Waals surface area contributed by atoms with Crippen LogP contribution in [-0.4, -0.2) is 52.1 Å². The third-order valence-corrected chi connectivity index (χ3v) is 5.63. The number of likely N-dealkylation sites (tertiary alicyclic amines) is 1. The van der Waals surface area contributed by atoms with Gasteiger partial charge in [0, 0.05) is 50.4 Å². The van der Waals surface area contributed by atoms with Gasteiger partial charge in [-0.15, -0.1) is 0 Å². The molecule has 2 atom stereocenters. The summed E-state index contributed by atoms with van der Waals surface area (Å²) in [4.78, 5) is 5.51. The molecule has 1 fully saturated rings. The fourth-order valence-electron chi connectivity index (χ4n) is 4.28. The lowest BCUT2D eigenvalue weighted by atomic mass is 9.89. The van der Waals surface area contributed by atoms with E-state index in [0.717, 1.165) is 47.3 Å². The molecule has 0 unspecified atom stereocenters. The minimum atomic E-state index is -0.313. The van der Waals surface area contributed by atoms with Crippen LogP contribution in [0.4, 0.5) is 4.39 Å². The molecular weight excluding hydrogens is 343 g/mol. The lowest BCUT2D eigenvalue weighted by Crippen LogP contribution is -2.44. The van der Waals surface area contributed by atoms with Crippen LogP contribution in [0.5, 0.6) is 5.75 Å². The van der Waals surface area contributed by atoms with Crippen molar-refractivity contribution < 1.29 is 9.13 Å². The van der Waals surface area contributed by atoms with E-state index in [9.17, 15) is 4.39 Å². The van der Waals surface area contributed by atoms with Crippen molar-refractivity contribution in [3.63, 3.8) is 0 Å². The van der Waals surface area contributed by atoms with Gasteiger partial charge in [0.15, 0.2) is 0 Å². The van der Waals surface area contributed by atoms with Gasteiger partial charge < -0.3 is 9.72 Å². The van der Waals surface area contributed by atoms with Gasteiger partial charge in [-0.25, -0.2) is 4.39 Å². The van der Waals surface area contributed by atoms with Crippen molar-refractivity contribution in [1.82, 2.24) is 19.7 Å². The molecule has 0 amide bonds. The lowest BCUT2D eigenvalue weighted by molar-refractivity contribution is 0.0752. The maximum Gasteiger partial charge on any atom is 0.132 e. The summed E-state index contributed by atoms with van der Waals surface area (Å²) in [6.07, 6.45) is 6.84. The summed E-state index contributed by atoms with van der Waals surface area (Å²) in [6, 6.07) is 4.26. The highest BCUT2D eigenvalue weighted by atomic mass is 19.1. The lowest BCUT2D eigenvalue weighted by Gasteiger charge is -2.38. The van der Waals surface area contributed by atoms with Crippen molar-refractivity contribution in [2.45, 2.75) is 32.3 Å². The first-order valence-electron chi connectivity index (χ1n) is 9.57. The predicted molar refractivity (Wildman–Crippen MR) is 105 cm³/mol. The molecule has 0 radical (unpaired) electrons. The monoisotopic (exact) mass is 370 g/mol. The number of aryl methyl sites for hydroxylation is 3. The van der Waals surface area contributed by atoms with Gasteiger partial charge in [-0.1, -0.05) is 6.07 Å².